The Morgan fingerprint density at radius 3 is 2.50 bits per heavy atom. The van der Waals surface area contributed by atoms with Crippen molar-refractivity contribution in [1.82, 2.24) is 15.0 Å². The molecule has 0 bridgehead atoms. The highest BCUT2D eigenvalue weighted by molar-refractivity contribution is 5.34. The average Bonchev–Trinajstić information content (AvgIpc) is 3.27. The molecule has 0 unspecified atom stereocenters. The lowest BCUT2D eigenvalue weighted by Gasteiger charge is -2.38. The number of ether oxygens (including phenoxy) is 1. The third-order valence-electron chi connectivity index (χ3n) is 5.95. The van der Waals surface area contributed by atoms with Crippen molar-refractivity contribution >= 4 is 6.01 Å². The summed E-state index contributed by atoms with van der Waals surface area (Å²) in [5, 5.41) is 4.15. The van der Waals surface area contributed by atoms with Gasteiger partial charge in [-0.3, -0.25) is 0 Å². The molecule has 0 spiro atoms. The van der Waals surface area contributed by atoms with Gasteiger partial charge in [0.15, 0.2) is 5.82 Å². The fourth-order valence-corrected chi connectivity index (χ4v) is 4.09. The number of piperidine rings is 1. The molecular formula is C26H32F2N4O2. The molecule has 1 aromatic heterocycles. The quantitative estimate of drug-likeness (QED) is 0.444. The zero-order valence-corrected chi connectivity index (χ0v) is 20.0. The highest BCUT2D eigenvalue weighted by atomic mass is 19.1. The monoisotopic (exact) mass is 470 g/mol. The standard InChI is InChI=1S/C26H32F2N4O2/c1-18(2)17-33-22-10-6-19(7-11-22)14-25-29-26(34-30-25)32(15-20-4-8-21(27)9-5-20)24-12-13-31(3)16-23(24)28/h4-11,18,23-24H,12-17H2,1-3H3/t23-,24+/m0/s1. The second-order valence-corrected chi connectivity index (χ2v) is 9.41. The van der Waals surface area contributed by atoms with Crippen LogP contribution in [0.4, 0.5) is 14.8 Å². The first-order chi connectivity index (χ1) is 16.4. The molecule has 2 aromatic carbocycles. The summed E-state index contributed by atoms with van der Waals surface area (Å²) in [4.78, 5) is 8.39. The summed E-state index contributed by atoms with van der Waals surface area (Å²) in [7, 11) is 1.91. The number of hydrogen-bond donors (Lipinski definition) is 0. The van der Waals surface area contributed by atoms with Gasteiger partial charge in [0.1, 0.15) is 17.7 Å². The molecule has 4 rings (SSSR count). The summed E-state index contributed by atoms with van der Waals surface area (Å²) in [6, 6.07) is 13.9. The minimum Gasteiger partial charge on any atom is -0.493 e. The summed E-state index contributed by atoms with van der Waals surface area (Å²) in [5.74, 6) is 1.51. The van der Waals surface area contributed by atoms with Crippen molar-refractivity contribution in [3.63, 3.8) is 0 Å². The molecule has 3 aromatic rings. The Morgan fingerprint density at radius 2 is 1.82 bits per heavy atom. The number of hydrogen-bond acceptors (Lipinski definition) is 6. The molecule has 6 nitrogen and oxygen atoms in total. The van der Waals surface area contributed by atoms with Crippen molar-refractivity contribution in [2.75, 3.05) is 31.6 Å². The van der Waals surface area contributed by atoms with Crippen LogP contribution >= 0.6 is 0 Å². The van der Waals surface area contributed by atoms with Gasteiger partial charge >= 0.3 is 6.01 Å². The van der Waals surface area contributed by atoms with Gasteiger partial charge in [-0.1, -0.05) is 43.3 Å². The molecule has 34 heavy (non-hydrogen) atoms. The minimum absolute atomic E-state index is 0.286. The number of halogens is 2. The van der Waals surface area contributed by atoms with Crippen molar-refractivity contribution in [2.45, 2.75) is 45.4 Å². The van der Waals surface area contributed by atoms with Gasteiger partial charge in [-0.15, -0.1) is 0 Å². The molecular weight excluding hydrogens is 438 g/mol. The van der Waals surface area contributed by atoms with Crippen LogP contribution in [-0.4, -0.2) is 54.0 Å². The number of benzene rings is 2. The van der Waals surface area contributed by atoms with E-state index in [0.717, 1.165) is 23.4 Å². The molecule has 8 heteroatoms. The molecule has 0 N–H and O–H groups in total. The molecule has 2 atom stereocenters. The van der Waals surface area contributed by atoms with Gasteiger partial charge in [-0.2, -0.15) is 4.98 Å². The fourth-order valence-electron chi connectivity index (χ4n) is 4.09. The van der Waals surface area contributed by atoms with Crippen LogP contribution in [0.2, 0.25) is 0 Å². The Morgan fingerprint density at radius 1 is 1.12 bits per heavy atom. The molecule has 1 aliphatic heterocycles. The van der Waals surface area contributed by atoms with Gasteiger partial charge in [0.2, 0.25) is 0 Å². The number of alkyl halides is 1. The summed E-state index contributed by atoms with van der Waals surface area (Å²) < 4.78 is 39.8. The average molecular weight is 471 g/mol. The van der Waals surface area contributed by atoms with E-state index in [1.165, 1.54) is 12.1 Å². The second-order valence-electron chi connectivity index (χ2n) is 9.41. The summed E-state index contributed by atoms with van der Waals surface area (Å²) in [6.45, 7) is 6.37. The third kappa shape index (κ3) is 6.32. The van der Waals surface area contributed by atoms with Crippen molar-refractivity contribution in [1.29, 1.82) is 0 Å². The lowest BCUT2D eigenvalue weighted by Crippen LogP contribution is -2.51. The Hall–Kier alpha value is -3.00. The predicted molar refractivity (Wildman–Crippen MR) is 127 cm³/mol. The van der Waals surface area contributed by atoms with Gasteiger partial charge in [0.05, 0.1) is 12.6 Å². The second kappa shape index (κ2) is 11.0. The Kier molecular flexibility index (Phi) is 7.77. The van der Waals surface area contributed by atoms with Crippen LogP contribution in [0, 0.1) is 11.7 Å². The molecule has 0 saturated carbocycles. The largest absolute Gasteiger partial charge is 0.493 e. The van der Waals surface area contributed by atoms with Crippen LogP contribution in [-0.2, 0) is 13.0 Å². The molecule has 0 amide bonds. The maximum absolute atomic E-state index is 15.1. The van der Waals surface area contributed by atoms with E-state index in [1.54, 1.807) is 12.1 Å². The molecule has 1 fully saturated rings. The normalized spacial score (nSPS) is 18.9. The van der Waals surface area contributed by atoms with Gasteiger partial charge in [-0.05, 0) is 54.8 Å². The molecule has 2 heterocycles. The smallest absolute Gasteiger partial charge is 0.324 e. The first kappa shape index (κ1) is 24.1. The van der Waals surface area contributed by atoms with Crippen molar-refractivity contribution < 1.29 is 18.0 Å². The first-order valence-electron chi connectivity index (χ1n) is 11.8. The van der Waals surface area contributed by atoms with Crippen LogP contribution < -0.4 is 9.64 Å². The molecule has 1 aliphatic rings. The van der Waals surface area contributed by atoms with Crippen molar-refractivity contribution in [3.05, 3.63) is 71.3 Å². The molecule has 0 aliphatic carbocycles. The van der Waals surface area contributed by atoms with Crippen LogP contribution in [0.15, 0.2) is 53.1 Å². The van der Waals surface area contributed by atoms with Crippen LogP contribution in [0.3, 0.4) is 0 Å². The van der Waals surface area contributed by atoms with E-state index in [1.807, 2.05) is 41.1 Å². The number of nitrogens with zero attached hydrogens (tertiary/aromatic N) is 4. The van der Waals surface area contributed by atoms with Gasteiger partial charge in [-0.25, -0.2) is 8.78 Å². The van der Waals surface area contributed by atoms with Crippen molar-refractivity contribution in [2.24, 2.45) is 5.92 Å². The van der Waals surface area contributed by atoms with Gasteiger partial charge in [0, 0.05) is 26.1 Å². The number of rotatable bonds is 9. The first-order valence-corrected chi connectivity index (χ1v) is 11.8. The van der Waals surface area contributed by atoms with E-state index in [4.69, 9.17) is 9.26 Å². The van der Waals surface area contributed by atoms with Crippen LogP contribution in [0.5, 0.6) is 5.75 Å². The van der Waals surface area contributed by atoms with E-state index < -0.39 is 12.2 Å². The fraction of sp³-hybridized carbons (Fsp3) is 0.462. The van der Waals surface area contributed by atoms with Crippen molar-refractivity contribution in [3.8, 4) is 5.75 Å². The van der Waals surface area contributed by atoms with E-state index in [9.17, 15) is 4.39 Å². The zero-order chi connectivity index (χ0) is 24.1. The maximum Gasteiger partial charge on any atom is 0.324 e. The summed E-state index contributed by atoms with van der Waals surface area (Å²) >= 11 is 0. The Balaban J connectivity index is 1.49. The van der Waals surface area contributed by atoms with E-state index in [0.29, 0.717) is 44.3 Å². The minimum atomic E-state index is -1.06. The van der Waals surface area contributed by atoms with Crippen LogP contribution in [0.25, 0.3) is 0 Å². The summed E-state index contributed by atoms with van der Waals surface area (Å²) in [6.07, 6.45) is 0.0621. The third-order valence-corrected chi connectivity index (χ3v) is 5.95. The number of anilines is 1. The maximum atomic E-state index is 15.1. The summed E-state index contributed by atoms with van der Waals surface area (Å²) in [5.41, 5.74) is 1.88. The van der Waals surface area contributed by atoms with E-state index in [2.05, 4.69) is 24.0 Å². The number of likely N-dealkylation sites (tertiary alicyclic amines) is 1. The predicted octanol–water partition coefficient (Wildman–Crippen LogP) is 4.88. The highest BCUT2D eigenvalue weighted by Crippen LogP contribution is 2.27. The lowest BCUT2D eigenvalue weighted by molar-refractivity contribution is 0.132. The molecule has 182 valence electrons. The van der Waals surface area contributed by atoms with Gasteiger partial charge in [0.25, 0.3) is 0 Å². The van der Waals surface area contributed by atoms with Gasteiger partial charge < -0.3 is 19.1 Å². The van der Waals surface area contributed by atoms with Crippen LogP contribution in [0.1, 0.15) is 37.2 Å². The molecule has 0 radical (unpaired) electrons. The highest BCUT2D eigenvalue weighted by Gasteiger charge is 2.35. The number of aromatic nitrogens is 2. The molecule has 1 saturated heterocycles. The zero-order valence-electron chi connectivity index (χ0n) is 20.0. The Bertz CT molecular complexity index is 1040. The Labute approximate surface area is 199 Å². The SMILES string of the molecule is CC(C)COc1ccc(Cc2noc(N(Cc3ccc(F)cc3)[C@@H]3CCN(C)C[C@@H]3F)n2)cc1. The van der Waals surface area contributed by atoms with E-state index in [-0.39, 0.29) is 11.8 Å². The lowest BCUT2D eigenvalue weighted by atomic mass is 10.0. The van der Waals surface area contributed by atoms with E-state index >= 15 is 4.39 Å². The topological polar surface area (TPSA) is 54.6 Å².